The van der Waals surface area contributed by atoms with E-state index in [1.807, 2.05) is 0 Å². The van der Waals surface area contributed by atoms with Gasteiger partial charge in [0, 0.05) is 19.3 Å². The second-order valence-electron chi connectivity index (χ2n) is 17.7. The molecule has 6 heteroatoms. The van der Waals surface area contributed by atoms with Crippen molar-refractivity contribution in [3.05, 3.63) is 0 Å². The molecular weight excluding hydrogens is 685 g/mol. The van der Waals surface area contributed by atoms with Crippen LogP contribution in [0.1, 0.15) is 266 Å². The fourth-order valence-electron chi connectivity index (χ4n) is 7.28. The number of carbonyl (C=O) groups is 3. The first-order valence-corrected chi connectivity index (χ1v) is 24.2. The summed E-state index contributed by atoms with van der Waals surface area (Å²) in [6, 6.07) is 0. The molecule has 0 spiro atoms. The van der Waals surface area contributed by atoms with Gasteiger partial charge in [-0.15, -0.1) is 0 Å². The van der Waals surface area contributed by atoms with Gasteiger partial charge in [-0.3, -0.25) is 14.4 Å². The average Bonchev–Trinajstić information content (AvgIpc) is 3.15. The molecule has 0 aromatic rings. The number of rotatable bonds is 43. The molecule has 0 saturated carbocycles. The molecule has 0 amide bonds. The van der Waals surface area contributed by atoms with Crippen molar-refractivity contribution in [3.63, 3.8) is 0 Å². The lowest BCUT2D eigenvalue weighted by atomic mass is 10.0. The van der Waals surface area contributed by atoms with E-state index in [1.165, 1.54) is 154 Å². The lowest BCUT2D eigenvalue weighted by Gasteiger charge is -2.18. The zero-order valence-electron chi connectivity index (χ0n) is 37.6. The highest BCUT2D eigenvalue weighted by Gasteiger charge is 2.19. The molecule has 0 aromatic carbocycles. The van der Waals surface area contributed by atoms with Gasteiger partial charge in [0.05, 0.1) is 0 Å². The number of ether oxygens (including phenoxy) is 3. The van der Waals surface area contributed by atoms with Crippen molar-refractivity contribution in [1.29, 1.82) is 0 Å². The van der Waals surface area contributed by atoms with Crippen LogP contribution in [0.3, 0.4) is 0 Å². The van der Waals surface area contributed by atoms with Crippen molar-refractivity contribution >= 4 is 17.9 Å². The zero-order chi connectivity index (χ0) is 40.5. The first-order valence-electron chi connectivity index (χ1n) is 24.2. The Morgan fingerprint density at radius 2 is 0.600 bits per heavy atom. The second kappa shape index (κ2) is 42.0. The standard InChI is InChI=1S/C49H94O6/c1-6-7-8-9-22-29-34-39-47(50)53-42-46(55-49(52)41-36-31-26-21-17-13-15-19-24-28-33-38-45(4)5)43-54-48(51)40-35-30-25-20-16-12-10-11-14-18-23-27-32-37-44(2)3/h44-46H,6-43H2,1-5H3/t46-/m1/s1. The lowest BCUT2D eigenvalue weighted by molar-refractivity contribution is -0.167. The molecule has 0 N–H and O–H groups in total. The van der Waals surface area contributed by atoms with E-state index in [4.69, 9.17) is 14.2 Å². The van der Waals surface area contributed by atoms with Gasteiger partial charge in [-0.05, 0) is 31.1 Å². The van der Waals surface area contributed by atoms with Gasteiger partial charge >= 0.3 is 17.9 Å². The minimum atomic E-state index is -0.760. The molecule has 0 unspecified atom stereocenters. The summed E-state index contributed by atoms with van der Waals surface area (Å²) in [7, 11) is 0. The summed E-state index contributed by atoms with van der Waals surface area (Å²) in [5.74, 6) is 0.806. The minimum absolute atomic E-state index is 0.0645. The van der Waals surface area contributed by atoms with Crippen LogP contribution < -0.4 is 0 Å². The van der Waals surface area contributed by atoms with Crippen LogP contribution in [-0.4, -0.2) is 37.2 Å². The van der Waals surface area contributed by atoms with E-state index in [0.717, 1.165) is 69.6 Å². The molecule has 0 radical (unpaired) electrons. The Bertz CT molecular complexity index is 839. The fourth-order valence-corrected chi connectivity index (χ4v) is 7.28. The molecule has 0 saturated heterocycles. The summed E-state index contributed by atoms with van der Waals surface area (Å²) in [6.45, 7) is 11.3. The van der Waals surface area contributed by atoms with Crippen LogP contribution in [0.5, 0.6) is 0 Å². The topological polar surface area (TPSA) is 78.9 Å². The molecule has 0 aromatic heterocycles. The Hall–Kier alpha value is -1.59. The largest absolute Gasteiger partial charge is 0.462 e. The third-order valence-electron chi connectivity index (χ3n) is 11.0. The molecule has 0 fully saturated rings. The summed E-state index contributed by atoms with van der Waals surface area (Å²) in [5.41, 5.74) is 0. The number of esters is 3. The summed E-state index contributed by atoms with van der Waals surface area (Å²) < 4.78 is 16.7. The van der Waals surface area contributed by atoms with Gasteiger partial charge in [0.1, 0.15) is 13.2 Å². The molecule has 326 valence electrons. The Morgan fingerprint density at radius 1 is 0.345 bits per heavy atom. The fraction of sp³-hybridized carbons (Fsp3) is 0.939. The van der Waals surface area contributed by atoms with E-state index < -0.39 is 6.10 Å². The number of unbranched alkanes of at least 4 members (excludes halogenated alkanes) is 28. The van der Waals surface area contributed by atoms with Gasteiger partial charge in [0.15, 0.2) is 6.10 Å². The van der Waals surface area contributed by atoms with Crippen LogP contribution in [0.15, 0.2) is 0 Å². The van der Waals surface area contributed by atoms with Gasteiger partial charge in [-0.1, -0.05) is 227 Å². The van der Waals surface area contributed by atoms with E-state index in [9.17, 15) is 14.4 Å². The smallest absolute Gasteiger partial charge is 0.306 e. The third-order valence-corrected chi connectivity index (χ3v) is 11.0. The van der Waals surface area contributed by atoms with E-state index in [1.54, 1.807) is 0 Å². The van der Waals surface area contributed by atoms with Crippen molar-refractivity contribution in [2.45, 2.75) is 272 Å². The Labute approximate surface area is 342 Å². The van der Waals surface area contributed by atoms with Gasteiger partial charge in [-0.25, -0.2) is 0 Å². The van der Waals surface area contributed by atoms with Crippen molar-refractivity contribution in [3.8, 4) is 0 Å². The van der Waals surface area contributed by atoms with E-state index in [-0.39, 0.29) is 31.1 Å². The molecule has 0 bridgehead atoms. The Morgan fingerprint density at radius 3 is 0.891 bits per heavy atom. The van der Waals surface area contributed by atoms with Gasteiger partial charge in [-0.2, -0.15) is 0 Å². The monoisotopic (exact) mass is 779 g/mol. The van der Waals surface area contributed by atoms with Gasteiger partial charge < -0.3 is 14.2 Å². The highest BCUT2D eigenvalue weighted by Crippen LogP contribution is 2.17. The molecular formula is C49H94O6. The molecule has 0 heterocycles. The maximum atomic E-state index is 12.7. The van der Waals surface area contributed by atoms with E-state index in [2.05, 4.69) is 34.6 Å². The van der Waals surface area contributed by atoms with Crippen LogP contribution >= 0.6 is 0 Å². The van der Waals surface area contributed by atoms with Crippen LogP contribution in [0.25, 0.3) is 0 Å². The average molecular weight is 779 g/mol. The van der Waals surface area contributed by atoms with Crippen molar-refractivity contribution in [1.82, 2.24) is 0 Å². The predicted octanol–water partition coefficient (Wildman–Crippen LogP) is 15.4. The zero-order valence-corrected chi connectivity index (χ0v) is 37.6. The number of carbonyl (C=O) groups excluding carboxylic acids is 3. The van der Waals surface area contributed by atoms with E-state index in [0.29, 0.717) is 19.3 Å². The van der Waals surface area contributed by atoms with E-state index >= 15 is 0 Å². The van der Waals surface area contributed by atoms with Crippen LogP contribution in [0, 0.1) is 11.8 Å². The quantitative estimate of drug-likeness (QED) is 0.0348. The Kier molecular flexibility index (Phi) is 40.8. The summed E-state index contributed by atoms with van der Waals surface area (Å²) in [5, 5.41) is 0. The van der Waals surface area contributed by atoms with Gasteiger partial charge in [0.25, 0.3) is 0 Å². The van der Waals surface area contributed by atoms with Crippen molar-refractivity contribution < 1.29 is 28.6 Å². The van der Waals surface area contributed by atoms with Crippen molar-refractivity contribution in [2.24, 2.45) is 11.8 Å². The predicted molar refractivity (Wildman–Crippen MR) is 233 cm³/mol. The summed E-state index contributed by atoms with van der Waals surface area (Å²) in [6.07, 6.45) is 41.0. The lowest BCUT2D eigenvalue weighted by Crippen LogP contribution is -2.30. The van der Waals surface area contributed by atoms with Crippen LogP contribution in [-0.2, 0) is 28.6 Å². The second-order valence-corrected chi connectivity index (χ2v) is 17.7. The van der Waals surface area contributed by atoms with Gasteiger partial charge in [0.2, 0.25) is 0 Å². The SMILES string of the molecule is CCCCCCCCCC(=O)OC[C@H](COC(=O)CCCCCCCCCCCCCCCC(C)C)OC(=O)CCCCCCCCCCCCCC(C)C. The molecule has 6 nitrogen and oxygen atoms in total. The normalized spacial score (nSPS) is 12.1. The molecule has 0 rings (SSSR count). The highest BCUT2D eigenvalue weighted by atomic mass is 16.6. The number of hydrogen-bond acceptors (Lipinski definition) is 6. The highest BCUT2D eigenvalue weighted by molar-refractivity contribution is 5.71. The molecule has 0 aliphatic rings. The molecule has 55 heavy (non-hydrogen) atoms. The Balaban J connectivity index is 4.23. The molecule has 1 atom stereocenters. The first-order chi connectivity index (χ1) is 26.7. The molecule has 0 aliphatic carbocycles. The summed E-state index contributed by atoms with van der Waals surface area (Å²) in [4.78, 5) is 37.7. The third kappa shape index (κ3) is 43.4. The van der Waals surface area contributed by atoms with Crippen LogP contribution in [0.4, 0.5) is 0 Å². The summed E-state index contributed by atoms with van der Waals surface area (Å²) >= 11 is 0. The van der Waals surface area contributed by atoms with Crippen LogP contribution in [0.2, 0.25) is 0 Å². The minimum Gasteiger partial charge on any atom is -0.462 e. The van der Waals surface area contributed by atoms with Crippen molar-refractivity contribution in [2.75, 3.05) is 13.2 Å². The maximum Gasteiger partial charge on any atom is 0.306 e. The maximum absolute atomic E-state index is 12.7. The number of hydrogen-bond donors (Lipinski definition) is 0. The first kappa shape index (κ1) is 53.4. The molecule has 0 aliphatic heterocycles.